The van der Waals surface area contributed by atoms with E-state index in [1.54, 1.807) is 13.0 Å². The minimum Gasteiger partial charge on any atom is -0.352 e. The van der Waals surface area contributed by atoms with E-state index in [-0.39, 0.29) is 11.7 Å². The van der Waals surface area contributed by atoms with Gasteiger partial charge in [-0.05, 0) is 63.4 Å². The van der Waals surface area contributed by atoms with Crippen LogP contribution >= 0.6 is 0 Å². The van der Waals surface area contributed by atoms with Gasteiger partial charge >= 0.3 is 0 Å². The highest BCUT2D eigenvalue weighted by atomic mass is 19.1. The first kappa shape index (κ1) is 15.0. The Bertz CT molecular complexity index is 487. The molecule has 1 heterocycles. The maximum atomic E-state index is 13.2. The minimum atomic E-state index is -0.273. The van der Waals surface area contributed by atoms with Crippen molar-refractivity contribution in [2.45, 2.75) is 33.2 Å². The maximum Gasteiger partial charge on any atom is 0.251 e. The molecule has 0 radical (unpaired) electrons. The molecule has 1 aromatic carbocycles. The zero-order valence-electron chi connectivity index (χ0n) is 12.4. The second kappa shape index (κ2) is 6.35. The summed E-state index contributed by atoms with van der Waals surface area (Å²) in [5, 5.41) is 2.96. The number of hydrogen-bond donors (Lipinski definition) is 1. The highest BCUT2D eigenvalue weighted by Crippen LogP contribution is 2.18. The molecule has 1 fully saturated rings. The molecule has 2 rings (SSSR count). The molecule has 1 aliphatic heterocycles. The number of carbonyl (C=O) groups is 1. The number of hydrogen-bond acceptors (Lipinski definition) is 2. The van der Waals surface area contributed by atoms with Gasteiger partial charge in [0.2, 0.25) is 0 Å². The summed E-state index contributed by atoms with van der Waals surface area (Å²) in [5.41, 5.74) is 1.03. The van der Waals surface area contributed by atoms with Gasteiger partial charge < -0.3 is 10.2 Å². The van der Waals surface area contributed by atoms with E-state index in [0.29, 0.717) is 29.6 Å². The maximum absolute atomic E-state index is 13.2. The highest BCUT2D eigenvalue weighted by molar-refractivity contribution is 5.94. The van der Waals surface area contributed by atoms with Crippen LogP contribution in [-0.4, -0.2) is 36.5 Å². The fourth-order valence-electron chi connectivity index (χ4n) is 2.62. The summed E-state index contributed by atoms with van der Waals surface area (Å²) >= 11 is 0. The van der Waals surface area contributed by atoms with Gasteiger partial charge in [-0.15, -0.1) is 0 Å². The van der Waals surface area contributed by atoms with Crippen LogP contribution in [-0.2, 0) is 0 Å². The number of aryl methyl sites for hydroxylation is 1. The van der Waals surface area contributed by atoms with Crippen molar-refractivity contribution < 1.29 is 9.18 Å². The summed E-state index contributed by atoms with van der Waals surface area (Å²) in [6, 6.07) is 5.04. The van der Waals surface area contributed by atoms with Gasteiger partial charge in [0, 0.05) is 24.7 Å². The first-order valence-corrected chi connectivity index (χ1v) is 7.25. The lowest BCUT2D eigenvalue weighted by Gasteiger charge is -2.20. The van der Waals surface area contributed by atoms with Gasteiger partial charge in [-0.25, -0.2) is 4.39 Å². The van der Waals surface area contributed by atoms with E-state index in [4.69, 9.17) is 0 Å². The molecular formula is C16H23FN2O. The van der Waals surface area contributed by atoms with Crippen LogP contribution in [0.4, 0.5) is 4.39 Å². The average molecular weight is 278 g/mol. The molecule has 4 heteroatoms. The highest BCUT2D eigenvalue weighted by Gasteiger charge is 2.24. The Morgan fingerprint density at radius 1 is 1.50 bits per heavy atom. The minimum absolute atomic E-state index is 0.115. The van der Waals surface area contributed by atoms with E-state index in [1.807, 2.05) is 0 Å². The molecule has 1 aliphatic rings. The summed E-state index contributed by atoms with van der Waals surface area (Å²) in [7, 11) is 0. The van der Waals surface area contributed by atoms with Crippen LogP contribution in [0.2, 0.25) is 0 Å². The lowest BCUT2D eigenvalue weighted by molar-refractivity contribution is 0.0947. The van der Waals surface area contributed by atoms with Gasteiger partial charge in [-0.3, -0.25) is 4.79 Å². The molecule has 1 N–H and O–H groups in total. The van der Waals surface area contributed by atoms with Gasteiger partial charge in [0.05, 0.1) is 0 Å². The van der Waals surface area contributed by atoms with Crippen LogP contribution in [0.15, 0.2) is 18.2 Å². The fourth-order valence-corrected chi connectivity index (χ4v) is 2.62. The smallest absolute Gasteiger partial charge is 0.251 e. The lowest BCUT2D eigenvalue weighted by Crippen LogP contribution is -2.33. The number of amides is 1. The van der Waals surface area contributed by atoms with Crippen LogP contribution in [0.1, 0.15) is 36.2 Å². The van der Waals surface area contributed by atoms with E-state index in [9.17, 15) is 9.18 Å². The Hall–Kier alpha value is -1.42. The van der Waals surface area contributed by atoms with Gasteiger partial charge in [-0.2, -0.15) is 0 Å². The second-order valence-corrected chi connectivity index (χ2v) is 5.92. The quantitative estimate of drug-likeness (QED) is 0.918. The van der Waals surface area contributed by atoms with E-state index in [2.05, 4.69) is 24.1 Å². The number of benzene rings is 1. The topological polar surface area (TPSA) is 32.3 Å². The van der Waals surface area contributed by atoms with Crippen molar-refractivity contribution in [2.75, 3.05) is 19.6 Å². The average Bonchev–Trinajstić information content (AvgIpc) is 2.88. The number of rotatable bonds is 4. The van der Waals surface area contributed by atoms with Crippen LogP contribution < -0.4 is 5.32 Å². The predicted octanol–water partition coefficient (Wildman–Crippen LogP) is 2.59. The van der Waals surface area contributed by atoms with Crippen LogP contribution in [0.3, 0.4) is 0 Å². The molecule has 0 aliphatic carbocycles. The van der Waals surface area contributed by atoms with Gasteiger partial charge in [-0.1, -0.05) is 0 Å². The van der Waals surface area contributed by atoms with Crippen LogP contribution in [0.25, 0.3) is 0 Å². The van der Waals surface area contributed by atoms with Gasteiger partial charge in [0.1, 0.15) is 5.82 Å². The Balaban J connectivity index is 1.85. The molecule has 110 valence electrons. The Morgan fingerprint density at radius 2 is 2.25 bits per heavy atom. The predicted molar refractivity (Wildman–Crippen MR) is 78.3 cm³/mol. The molecule has 0 saturated carbocycles. The summed E-state index contributed by atoms with van der Waals surface area (Å²) in [5.74, 6) is 0.129. The SMILES string of the molecule is Cc1cc(C(=O)NCC2CCN(C(C)C)C2)ccc1F. The van der Waals surface area contributed by atoms with Gasteiger partial charge in [0.25, 0.3) is 5.91 Å². The van der Waals surface area contributed by atoms with Crippen molar-refractivity contribution in [3.05, 3.63) is 35.1 Å². The molecule has 1 amide bonds. The third kappa shape index (κ3) is 3.57. The van der Waals surface area contributed by atoms with Crippen molar-refractivity contribution >= 4 is 5.91 Å². The zero-order chi connectivity index (χ0) is 14.7. The molecule has 0 spiro atoms. The third-order valence-corrected chi connectivity index (χ3v) is 4.02. The van der Waals surface area contributed by atoms with E-state index >= 15 is 0 Å². The Labute approximate surface area is 120 Å². The Morgan fingerprint density at radius 3 is 2.85 bits per heavy atom. The standard InChI is InChI=1S/C16H23FN2O/c1-11(2)19-7-6-13(10-19)9-18-16(20)14-4-5-15(17)12(3)8-14/h4-5,8,11,13H,6-7,9-10H2,1-3H3,(H,18,20). The first-order chi connectivity index (χ1) is 9.47. The molecule has 1 saturated heterocycles. The second-order valence-electron chi connectivity index (χ2n) is 5.92. The monoisotopic (exact) mass is 278 g/mol. The molecule has 1 unspecified atom stereocenters. The summed E-state index contributed by atoms with van der Waals surface area (Å²) < 4.78 is 13.2. The number of carbonyl (C=O) groups excluding carboxylic acids is 1. The van der Waals surface area contributed by atoms with E-state index in [1.165, 1.54) is 12.1 Å². The van der Waals surface area contributed by atoms with Crippen LogP contribution in [0.5, 0.6) is 0 Å². The number of halogens is 1. The number of nitrogens with one attached hydrogen (secondary N) is 1. The summed E-state index contributed by atoms with van der Waals surface area (Å²) in [4.78, 5) is 14.5. The largest absolute Gasteiger partial charge is 0.352 e. The van der Waals surface area contributed by atoms with Crippen molar-refractivity contribution in [1.82, 2.24) is 10.2 Å². The molecular weight excluding hydrogens is 255 g/mol. The molecule has 1 aromatic rings. The molecule has 0 bridgehead atoms. The first-order valence-electron chi connectivity index (χ1n) is 7.25. The lowest BCUT2D eigenvalue weighted by atomic mass is 10.1. The van der Waals surface area contributed by atoms with Crippen molar-refractivity contribution in [2.24, 2.45) is 5.92 Å². The van der Waals surface area contributed by atoms with E-state index < -0.39 is 0 Å². The van der Waals surface area contributed by atoms with Crippen molar-refractivity contribution in [3.63, 3.8) is 0 Å². The molecule has 20 heavy (non-hydrogen) atoms. The summed E-state index contributed by atoms with van der Waals surface area (Å²) in [6.45, 7) is 8.90. The van der Waals surface area contributed by atoms with E-state index in [0.717, 1.165) is 19.5 Å². The number of nitrogens with zero attached hydrogens (tertiary/aromatic N) is 1. The van der Waals surface area contributed by atoms with Gasteiger partial charge in [0.15, 0.2) is 0 Å². The summed E-state index contributed by atoms with van der Waals surface area (Å²) in [6.07, 6.45) is 1.13. The number of likely N-dealkylation sites (tertiary alicyclic amines) is 1. The third-order valence-electron chi connectivity index (χ3n) is 4.02. The van der Waals surface area contributed by atoms with Crippen LogP contribution in [0, 0.1) is 18.7 Å². The molecule has 1 atom stereocenters. The Kier molecular flexibility index (Phi) is 4.76. The van der Waals surface area contributed by atoms with Crippen molar-refractivity contribution in [3.8, 4) is 0 Å². The fraction of sp³-hybridized carbons (Fsp3) is 0.562. The van der Waals surface area contributed by atoms with Crippen molar-refractivity contribution in [1.29, 1.82) is 0 Å². The molecule has 3 nitrogen and oxygen atoms in total. The zero-order valence-corrected chi connectivity index (χ0v) is 12.4. The normalized spacial score (nSPS) is 19.6. The molecule has 0 aromatic heterocycles.